The second kappa shape index (κ2) is 6.00. The van der Waals surface area contributed by atoms with Crippen molar-refractivity contribution in [1.82, 2.24) is 0 Å². The minimum Gasteiger partial charge on any atom is -0.405 e. The van der Waals surface area contributed by atoms with Crippen molar-refractivity contribution in [2.75, 3.05) is 0 Å². The van der Waals surface area contributed by atoms with Gasteiger partial charge in [-0.15, -0.1) is 0 Å². The smallest absolute Gasteiger partial charge is 0.405 e. The largest absolute Gasteiger partial charge is 0.494 e. The van der Waals surface area contributed by atoms with E-state index in [9.17, 15) is 4.79 Å². The minimum atomic E-state index is -0.422. The molecule has 1 aliphatic rings. The van der Waals surface area contributed by atoms with Crippen molar-refractivity contribution in [2.45, 2.75) is 52.2 Å². The first-order chi connectivity index (χ1) is 9.30. The minimum absolute atomic E-state index is 0.121. The van der Waals surface area contributed by atoms with Crippen molar-refractivity contribution in [1.29, 1.82) is 0 Å². The molecule has 0 N–H and O–H groups in total. The number of rotatable bonds is 3. The first kappa shape index (κ1) is 15.7. The Labute approximate surface area is 129 Å². The summed E-state index contributed by atoms with van der Waals surface area (Å²) in [6, 6.07) is 5.66. The van der Waals surface area contributed by atoms with E-state index >= 15 is 0 Å². The normalized spacial score (nSPS) is 21.9. The van der Waals surface area contributed by atoms with E-state index in [4.69, 9.17) is 9.31 Å². The third-order valence-corrected chi connectivity index (χ3v) is 3.85. The Morgan fingerprint density at radius 2 is 2.15 bits per heavy atom. The number of ketones is 1. The van der Waals surface area contributed by atoms with Crippen LogP contribution in [0.15, 0.2) is 22.7 Å². The average Bonchev–Trinajstić information content (AvgIpc) is 2.34. The van der Waals surface area contributed by atoms with Gasteiger partial charge in [0.1, 0.15) is 0 Å². The summed E-state index contributed by atoms with van der Waals surface area (Å²) in [6.45, 7) is 8.04. The molecule has 0 aromatic heterocycles. The molecule has 0 spiro atoms. The molecule has 20 heavy (non-hydrogen) atoms. The predicted molar refractivity (Wildman–Crippen MR) is 84.5 cm³/mol. The maximum absolute atomic E-state index is 11.9. The summed E-state index contributed by atoms with van der Waals surface area (Å²) in [7, 11) is -0.422. The van der Waals surface area contributed by atoms with Gasteiger partial charge in [-0.1, -0.05) is 28.9 Å². The van der Waals surface area contributed by atoms with Crippen LogP contribution in [0.3, 0.4) is 0 Å². The van der Waals surface area contributed by atoms with Crippen LogP contribution in [0.1, 0.15) is 50.9 Å². The highest BCUT2D eigenvalue weighted by atomic mass is 79.9. The molecule has 1 aromatic carbocycles. The fourth-order valence-electron chi connectivity index (χ4n) is 2.58. The molecule has 1 fully saturated rings. The predicted octanol–water partition coefficient (Wildman–Crippen LogP) is 3.34. The molecule has 1 aliphatic heterocycles. The van der Waals surface area contributed by atoms with E-state index in [0.29, 0.717) is 12.0 Å². The van der Waals surface area contributed by atoms with Crippen molar-refractivity contribution in [3.63, 3.8) is 0 Å². The van der Waals surface area contributed by atoms with E-state index in [1.807, 2.05) is 32.0 Å². The lowest BCUT2D eigenvalue weighted by Gasteiger charge is -2.38. The molecule has 1 heterocycles. The molecular formula is C15H20BBrO3. The second-order valence-electron chi connectivity index (χ2n) is 5.91. The highest BCUT2D eigenvalue weighted by Gasteiger charge is 2.38. The van der Waals surface area contributed by atoms with Crippen LogP contribution in [0.4, 0.5) is 0 Å². The second-order valence-corrected chi connectivity index (χ2v) is 6.83. The van der Waals surface area contributed by atoms with Crippen molar-refractivity contribution in [2.24, 2.45) is 0 Å². The van der Waals surface area contributed by atoms with Crippen LogP contribution in [0.25, 0.3) is 0 Å². The fourth-order valence-corrected chi connectivity index (χ4v) is 3.09. The highest BCUT2D eigenvalue weighted by molar-refractivity contribution is 9.10. The molecule has 0 amide bonds. The zero-order valence-electron chi connectivity index (χ0n) is 12.4. The van der Waals surface area contributed by atoms with Crippen molar-refractivity contribution < 1.29 is 14.1 Å². The monoisotopic (exact) mass is 338 g/mol. The zero-order chi connectivity index (χ0) is 14.9. The van der Waals surface area contributed by atoms with E-state index in [0.717, 1.165) is 16.4 Å². The number of benzene rings is 1. The van der Waals surface area contributed by atoms with Gasteiger partial charge in [0.15, 0.2) is 5.78 Å². The van der Waals surface area contributed by atoms with Crippen LogP contribution in [-0.2, 0) is 9.31 Å². The van der Waals surface area contributed by atoms with Gasteiger partial charge in [-0.05, 0) is 44.8 Å². The van der Waals surface area contributed by atoms with Gasteiger partial charge in [-0.2, -0.15) is 0 Å². The molecule has 0 radical (unpaired) electrons. The number of hydrogen-bond donors (Lipinski definition) is 0. The van der Waals surface area contributed by atoms with Gasteiger partial charge in [0.05, 0.1) is 5.60 Å². The van der Waals surface area contributed by atoms with Crippen LogP contribution in [0.5, 0.6) is 0 Å². The van der Waals surface area contributed by atoms with Crippen molar-refractivity contribution in [3.05, 3.63) is 28.2 Å². The summed E-state index contributed by atoms with van der Waals surface area (Å²) in [5.41, 5.74) is 1.36. The van der Waals surface area contributed by atoms with E-state index in [1.54, 1.807) is 0 Å². The van der Waals surface area contributed by atoms with Crippen LogP contribution >= 0.6 is 15.9 Å². The van der Waals surface area contributed by atoms with Crippen molar-refractivity contribution >= 4 is 34.3 Å². The number of halogens is 1. The van der Waals surface area contributed by atoms with E-state index in [-0.39, 0.29) is 17.5 Å². The van der Waals surface area contributed by atoms with E-state index in [2.05, 4.69) is 29.8 Å². The van der Waals surface area contributed by atoms with Crippen LogP contribution in [0, 0.1) is 0 Å². The maximum atomic E-state index is 11.9. The zero-order valence-corrected chi connectivity index (χ0v) is 14.0. The summed E-state index contributed by atoms with van der Waals surface area (Å²) >= 11 is 3.46. The molecule has 0 bridgehead atoms. The number of carbonyl (C=O) groups is 1. The van der Waals surface area contributed by atoms with Crippen LogP contribution in [0.2, 0.25) is 0 Å². The number of Topliss-reactive ketones (excluding diaryl/α,β-unsaturated/α-hetero) is 1. The Morgan fingerprint density at radius 3 is 2.75 bits per heavy atom. The summed E-state index contributed by atoms with van der Waals surface area (Å²) in [6.07, 6.45) is 1.48. The molecule has 1 unspecified atom stereocenters. The summed E-state index contributed by atoms with van der Waals surface area (Å²) in [4.78, 5) is 11.9. The lowest BCUT2D eigenvalue weighted by atomic mass is 9.74. The third kappa shape index (κ3) is 3.71. The van der Waals surface area contributed by atoms with Crippen LogP contribution in [-0.4, -0.2) is 24.6 Å². The molecule has 2 rings (SSSR count). The first-order valence-corrected chi connectivity index (χ1v) is 7.77. The summed E-state index contributed by atoms with van der Waals surface area (Å²) < 4.78 is 12.7. The standard InChI is InChI=1S/C15H20BBrO3/c1-5-14(18)11-6-12(8-13(17)7-11)16-19-10(2)9-15(3,4)20-16/h6-8,10H,5,9H2,1-4H3. The van der Waals surface area contributed by atoms with Gasteiger partial charge in [-0.3, -0.25) is 4.79 Å². The molecule has 1 atom stereocenters. The van der Waals surface area contributed by atoms with E-state index in [1.165, 1.54) is 0 Å². The quantitative estimate of drug-likeness (QED) is 0.626. The van der Waals surface area contributed by atoms with Crippen LogP contribution < -0.4 is 5.46 Å². The van der Waals surface area contributed by atoms with Gasteiger partial charge in [0.2, 0.25) is 0 Å². The lowest BCUT2D eigenvalue weighted by Crippen LogP contribution is -2.51. The van der Waals surface area contributed by atoms with Gasteiger partial charge in [0, 0.05) is 22.6 Å². The SMILES string of the molecule is CCC(=O)c1cc(Br)cc(B2OC(C)CC(C)(C)O2)c1. The highest BCUT2D eigenvalue weighted by Crippen LogP contribution is 2.26. The first-order valence-electron chi connectivity index (χ1n) is 6.97. The lowest BCUT2D eigenvalue weighted by molar-refractivity contribution is -0.0229. The molecule has 3 nitrogen and oxygen atoms in total. The van der Waals surface area contributed by atoms with Gasteiger partial charge in [0.25, 0.3) is 0 Å². The fraction of sp³-hybridized carbons (Fsp3) is 0.533. The van der Waals surface area contributed by atoms with Gasteiger partial charge >= 0.3 is 7.12 Å². The Morgan fingerprint density at radius 1 is 1.45 bits per heavy atom. The number of carbonyl (C=O) groups excluding carboxylic acids is 1. The molecular weight excluding hydrogens is 319 g/mol. The Kier molecular flexibility index (Phi) is 4.72. The van der Waals surface area contributed by atoms with Gasteiger partial charge < -0.3 is 9.31 Å². The van der Waals surface area contributed by atoms with Gasteiger partial charge in [-0.25, -0.2) is 0 Å². The molecule has 108 valence electrons. The molecule has 1 aromatic rings. The average molecular weight is 339 g/mol. The third-order valence-electron chi connectivity index (χ3n) is 3.40. The molecule has 0 aliphatic carbocycles. The topological polar surface area (TPSA) is 35.5 Å². The Bertz CT molecular complexity index is 516. The molecule has 1 saturated heterocycles. The Hall–Kier alpha value is -0.645. The van der Waals surface area contributed by atoms with Crippen molar-refractivity contribution in [3.8, 4) is 0 Å². The molecule has 0 saturated carbocycles. The summed E-state index contributed by atoms with van der Waals surface area (Å²) in [5, 5.41) is 0. The Balaban J connectivity index is 2.32. The number of hydrogen-bond acceptors (Lipinski definition) is 3. The molecule has 5 heteroatoms. The maximum Gasteiger partial charge on any atom is 0.494 e. The summed E-state index contributed by atoms with van der Waals surface area (Å²) in [5.74, 6) is 0.121. The van der Waals surface area contributed by atoms with E-state index < -0.39 is 7.12 Å².